The smallest absolute Gasteiger partial charge is 0.167 e. The molecule has 2 heterocycles. The summed E-state index contributed by atoms with van der Waals surface area (Å²) in [7, 11) is 1.49. The van der Waals surface area contributed by atoms with Gasteiger partial charge in [-0.3, -0.25) is 4.79 Å². The molecule has 31 heavy (non-hydrogen) atoms. The third-order valence-corrected chi connectivity index (χ3v) is 6.71. The van der Waals surface area contributed by atoms with Crippen LogP contribution in [-0.4, -0.2) is 22.4 Å². The number of rotatable bonds is 8. The molecule has 0 bridgehead atoms. The highest BCUT2D eigenvalue weighted by atomic mass is 32.2. The number of nitrogens with zero attached hydrogens (tertiary/aromatic N) is 2. The number of hydrogen-bond donors (Lipinski definition) is 0. The van der Waals surface area contributed by atoms with Crippen LogP contribution >= 0.6 is 12.0 Å². The third kappa shape index (κ3) is 5.03. The topological polar surface area (TPSA) is 53.4 Å². The van der Waals surface area contributed by atoms with Crippen molar-refractivity contribution in [1.82, 2.24) is 9.55 Å². The lowest BCUT2D eigenvalue weighted by Crippen LogP contribution is -2.14. The quantitative estimate of drug-likeness (QED) is 0.169. The van der Waals surface area contributed by atoms with Crippen LogP contribution in [0.1, 0.15) is 56.3 Å². The first-order valence-corrected chi connectivity index (χ1v) is 11.8. The zero-order valence-electron chi connectivity index (χ0n) is 18.5. The van der Waals surface area contributed by atoms with Crippen LogP contribution in [-0.2, 0) is 15.8 Å². The minimum absolute atomic E-state index is 0.0345. The molecule has 164 valence electrons. The maximum atomic E-state index is 12.9. The van der Waals surface area contributed by atoms with Gasteiger partial charge in [0.2, 0.25) is 0 Å². The van der Waals surface area contributed by atoms with Crippen LogP contribution in [0.5, 0.6) is 0 Å². The van der Waals surface area contributed by atoms with Gasteiger partial charge < -0.3 is 4.57 Å². The van der Waals surface area contributed by atoms with Gasteiger partial charge in [0.1, 0.15) is 5.65 Å². The summed E-state index contributed by atoms with van der Waals surface area (Å²) in [4.78, 5) is 23.5. The molecule has 4 rings (SSSR count). The van der Waals surface area contributed by atoms with Gasteiger partial charge in [-0.05, 0) is 43.0 Å². The van der Waals surface area contributed by atoms with E-state index in [0.717, 1.165) is 39.3 Å². The molecule has 0 N–H and O–H groups in total. The summed E-state index contributed by atoms with van der Waals surface area (Å²) in [5, 5.41) is 0.957. The summed E-state index contributed by atoms with van der Waals surface area (Å²) in [5.74, 6) is 0.808. The minimum atomic E-state index is -0.0345. The van der Waals surface area contributed by atoms with E-state index >= 15 is 0 Å². The Morgan fingerprint density at radius 1 is 1.13 bits per heavy atom. The first-order chi connectivity index (χ1) is 15.1. The van der Waals surface area contributed by atoms with Crippen molar-refractivity contribution >= 4 is 28.9 Å². The van der Waals surface area contributed by atoms with Crippen molar-refractivity contribution in [2.45, 2.75) is 57.4 Å². The molecular weight excluding hydrogens is 408 g/mol. The number of hydrogen-bond acceptors (Lipinski definition) is 5. The van der Waals surface area contributed by atoms with E-state index in [4.69, 9.17) is 9.32 Å². The average molecular weight is 439 g/mol. The second-order valence-corrected chi connectivity index (χ2v) is 9.40. The van der Waals surface area contributed by atoms with Gasteiger partial charge in [-0.2, -0.15) is 4.33 Å². The van der Waals surface area contributed by atoms with E-state index in [1.165, 1.54) is 51.3 Å². The lowest BCUT2D eigenvalue weighted by Gasteiger charge is -2.22. The second kappa shape index (κ2) is 9.98. The Balaban J connectivity index is 1.70. The van der Waals surface area contributed by atoms with Gasteiger partial charge in [0.15, 0.2) is 5.78 Å². The fourth-order valence-corrected chi connectivity index (χ4v) is 4.77. The molecule has 0 radical (unpaired) electrons. The number of fused-ring (bicyclic) bond motifs is 1. The van der Waals surface area contributed by atoms with Crippen LogP contribution < -0.4 is 0 Å². The molecule has 1 aliphatic rings. The maximum absolute atomic E-state index is 12.9. The number of benzene rings is 1. The molecule has 1 aromatic carbocycles. The summed E-state index contributed by atoms with van der Waals surface area (Å²) in [6.45, 7) is 4.85. The Labute approximate surface area is 188 Å². The first kappa shape index (κ1) is 22.1. The summed E-state index contributed by atoms with van der Waals surface area (Å²) in [6, 6.07) is 12.1. The summed E-state index contributed by atoms with van der Waals surface area (Å²) in [6.07, 6.45) is 8.51. The Hall–Kier alpha value is -2.15. The normalized spacial score (nSPS) is 15.1. The summed E-state index contributed by atoms with van der Waals surface area (Å²) >= 11 is 1.17. The molecule has 0 spiro atoms. The predicted octanol–water partition coefficient (Wildman–Crippen LogP) is 6.71. The van der Waals surface area contributed by atoms with E-state index in [9.17, 15) is 4.79 Å². The summed E-state index contributed by atoms with van der Waals surface area (Å²) in [5.41, 5.74) is 3.64. The molecule has 0 atom stereocenters. The SMILES string of the molecule is COOSc1ccc(-c2ccc3c(C(=O)C(C)C)cn(CC4CCCCC4)c3n2)cc1. The highest BCUT2D eigenvalue weighted by Gasteiger charge is 2.21. The van der Waals surface area contributed by atoms with Crippen LogP contribution in [0.15, 0.2) is 47.5 Å². The molecule has 1 saturated carbocycles. The lowest BCUT2D eigenvalue weighted by molar-refractivity contribution is -0.160. The standard InChI is InChI=1S/C25H30N2O3S/c1-17(2)24(28)22-16-27(15-18-7-5-4-6-8-18)25-21(22)13-14-23(26-25)19-9-11-20(12-10-19)31-30-29-3/h9-14,16-18H,4-8,15H2,1-3H3. The van der Waals surface area contributed by atoms with E-state index in [0.29, 0.717) is 5.92 Å². The molecule has 0 saturated heterocycles. The number of carbonyl (C=O) groups is 1. The van der Waals surface area contributed by atoms with Crippen LogP contribution in [0, 0.1) is 11.8 Å². The lowest BCUT2D eigenvalue weighted by atomic mass is 9.89. The molecule has 6 heteroatoms. The Morgan fingerprint density at radius 3 is 2.55 bits per heavy atom. The van der Waals surface area contributed by atoms with Crippen molar-refractivity contribution in [3.05, 3.63) is 48.2 Å². The van der Waals surface area contributed by atoms with Gasteiger partial charge in [-0.25, -0.2) is 9.87 Å². The number of aromatic nitrogens is 2. The number of pyridine rings is 1. The molecule has 0 unspecified atom stereocenters. The Kier molecular flexibility index (Phi) is 7.10. The molecule has 3 aromatic rings. The number of ketones is 1. The molecular formula is C25H30N2O3S. The molecule has 5 nitrogen and oxygen atoms in total. The van der Waals surface area contributed by atoms with Crippen LogP contribution in [0.4, 0.5) is 0 Å². The van der Waals surface area contributed by atoms with E-state index in [2.05, 4.69) is 15.5 Å². The zero-order chi connectivity index (χ0) is 21.8. The maximum Gasteiger partial charge on any atom is 0.167 e. The third-order valence-electron chi connectivity index (χ3n) is 6.04. The molecule has 0 amide bonds. The second-order valence-electron chi connectivity index (χ2n) is 8.63. The average Bonchev–Trinajstić information content (AvgIpc) is 3.15. The monoisotopic (exact) mass is 438 g/mol. The van der Waals surface area contributed by atoms with Crippen molar-refractivity contribution in [3.8, 4) is 11.3 Å². The van der Waals surface area contributed by atoms with Crippen LogP contribution in [0.2, 0.25) is 0 Å². The zero-order valence-corrected chi connectivity index (χ0v) is 19.3. The van der Waals surface area contributed by atoms with Gasteiger partial charge >= 0.3 is 0 Å². The highest BCUT2D eigenvalue weighted by molar-refractivity contribution is 7.94. The van der Waals surface area contributed by atoms with Crippen molar-refractivity contribution in [1.29, 1.82) is 0 Å². The van der Waals surface area contributed by atoms with Gasteiger partial charge in [0.05, 0.1) is 24.8 Å². The molecule has 0 aliphatic heterocycles. The number of Topliss-reactive ketones (excluding diaryl/α,β-unsaturated/α-hetero) is 1. The van der Waals surface area contributed by atoms with Crippen molar-refractivity contribution in [2.75, 3.05) is 7.11 Å². The molecule has 1 aliphatic carbocycles. The fraction of sp³-hybridized carbons (Fsp3) is 0.440. The summed E-state index contributed by atoms with van der Waals surface area (Å²) < 4.78 is 7.14. The largest absolute Gasteiger partial charge is 0.331 e. The highest BCUT2D eigenvalue weighted by Crippen LogP contribution is 2.31. The van der Waals surface area contributed by atoms with Crippen molar-refractivity contribution < 1.29 is 14.0 Å². The van der Waals surface area contributed by atoms with E-state index in [-0.39, 0.29) is 11.7 Å². The van der Waals surface area contributed by atoms with E-state index in [1.807, 2.05) is 50.4 Å². The number of carbonyl (C=O) groups excluding carboxylic acids is 1. The van der Waals surface area contributed by atoms with Crippen LogP contribution in [0.3, 0.4) is 0 Å². The fourth-order valence-electron chi connectivity index (χ4n) is 4.37. The van der Waals surface area contributed by atoms with E-state index < -0.39 is 0 Å². The van der Waals surface area contributed by atoms with Gasteiger partial charge in [0.25, 0.3) is 0 Å². The van der Waals surface area contributed by atoms with Gasteiger partial charge in [-0.1, -0.05) is 45.2 Å². The van der Waals surface area contributed by atoms with Gasteiger partial charge in [-0.15, -0.1) is 0 Å². The van der Waals surface area contributed by atoms with E-state index in [1.54, 1.807) is 0 Å². The predicted molar refractivity (Wildman–Crippen MR) is 125 cm³/mol. The van der Waals surface area contributed by atoms with Gasteiger partial charge in [0, 0.05) is 40.1 Å². The van der Waals surface area contributed by atoms with Crippen LogP contribution in [0.25, 0.3) is 22.3 Å². The minimum Gasteiger partial charge on any atom is -0.331 e. The van der Waals surface area contributed by atoms with Crippen molar-refractivity contribution in [3.63, 3.8) is 0 Å². The molecule has 1 fully saturated rings. The first-order valence-electron chi connectivity index (χ1n) is 11.1. The van der Waals surface area contributed by atoms with Crippen molar-refractivity contribution in [2.24, 2.45) is 11.8 Å². The Morgan fingerprint density at radius 2 is 1.87 bits per heavy atom. The Bertz CT molecular complexity index is 1040. The molecule has 2 aromatic heterocycles.